The van der Waals surface area contributed by atoms with E-state index in [2.05, 4.69) is 64.6 Å². The Morgan fingerprint density at radius 2 is 2.10 bits per heavy atom. The Labute approximate surface area is 128 Å². The summed E-state index contributed by atoms with van der Waals surface area (Å²) in [6, 6.07) is 14.7. The zero-order chi connectivity index (χ0) is 13.9. The highest BCUT2D eigenvalue weighted by atomic mass is 79.9. The van der Waals surface area contributed by atoms with Crippen LogP contribution in [-0.4, -0.2) is 13.2 Å². The number of benzene rings is 2. The van der Waals surface area contributed by atoms with E-state index in [9.17, 15) is 0 Å². The summed E-state index contributed by atoms with van der Waals surface area (Å²) < 4.78 is 6.83. The quantitative estimate of drug-likeness (QED) is 0.877. The van der Waals surface area contributed by atoms with E-state index in [0.29, 0.717) is 5.92 Å². The van der Waals surface area contributed by atoms with Gasteiger partial charge in [-0.15, -0.1) is 0 Å². The summed E-state index contributed by atoms with van der Waals surface area (Å²) in [6.07, 6.45) is 1.06. The number of hydrogen-bond donors (Lipinski definition) is 1. The first-order valence-corrected chi connectivity index (χ1v) is 7.75. The van der Waals surface area contributed by atoms with Crippen LogP contribution in [0.4, 0.5) is 5.69 Å². The summed E-state index contributed by atoms with van der Waals surface area (Å²) in [5.41, 5.74) is 3.73. The summed E-state index contributed by atoms with van der Waals surface area (Å²) in [4.78, 5) is 0. The molecule has 2 aromatic carbocycles. The second-order valence-corrected chi connectivity index (χ2v) is 6.09. The van der Waals surface area contributed by atoms with Crippen LogP contribution < -0.4 is 10.1 Å². The van der Waals surface area contributed by atoms with Crippen LogP contribution in [0.25, 0.3) is 0 Å². The van der Waals surface area contributed by atoms with Gasteiger partial charge in [-0.05, 0) is 58.6 Å². The molecule has 0 radical (unpaired) electrons. The van der Waals surface area contributed by atoms with Crippen LogP contribution in [0.15, 0.2) is 46.9 Å². The van der Waals surface area contributed by atoms with Gasteiger partial charge in [-0.2, -0.15) is 0 Å². The molecular formula is C17H18BrNO. The molecule has 20 heavy (non-hydrogen) atoms. The molecule has 2 nitrogen and oxygen atoms in total. The van der Waals surface area contributed by atoms with Gasteiger partial charge >= 0.3 is 0 Å². The smallest absolute Gasteiger partial charge is 0.122 e. The average Bonchev–Trinajstić information content (AvgIpc) is 2.46. The zero-order valence-corrected chi connectivity index (χ0v) is 13.1. The number of ether oxygens (including phenoxy) is 1. The summed E-state index contributed by atoms with van der Waals surface area (Å²) in [5, 5.41) is 3.55. The predicted octanol–water partition coefficient (Wildman–Crippen LogP) is 4.74. The maximum atomic E-state index is 5.71. The number of rotatable bonds is 3. The van der Waals surface area contributed by atoms with Gasteiger partial charge in [-0.3, -0.25) is 0 Å². The van der Waals surface area contributed by atoms with Crippen LogP contribution >= 0.6 is 15.9 Å². The van der Waals surface area contributed by atoms with Crippen molar-refractivity contribution in [3.05, 3.63) is 58.1 Å². The van der Waals surface area contributed by atoms with Crippen LogP contribution in [0, 0.1) is 6.92 Å². The fourth-order valence-electron chi connectivity index (χ4n) is 2.62. The molecular weight excluding hydrogens is 314 g/mol. The second-order valence-electron chi connectivity index (χ2n) is 5.24. The first-order valence-electron chi connectivity index (χ1n) is 6.96. The number of nitrogens with one attached hydrogen (secondary N) is 1. The van der Waals surface area contributed by atoms with Gasteiger partial charge in [0.05, 0.1) is 6.61 Å². The van der Waals surface area contributed by atoms with Crippen molar-refractivity contribution < 1.29 is 4.74 Å². The molecule has 0 aliphatic carbocycles. The van der Waals surface area contributed by atoms with Crippen LogP contribution in [0.5, 0.6) is 5.75 Å². The predicted molar refractivity (Wildman–Crippen MR) is 86.7 cm³/mol. The van der Waals surface area contributed by atoms with Gasteiger partial charge in [0, 0.05) is 22.6 Å². The molecule has 0 amide bonds. The van der Waals surface area contributed by atoms with E-state index < -0.39 is 0 Å². The standard InChI is InChI=1S/C17H18BrNO/c1-12-6-7-16(15(18)10-12)19-11-13-8-9-20-17-5-3-2-4-14(13)17/h2-7,10,13,19H,8-9,11H2,1H3. The van der Waals surface area contributed by atoms with Crippen molar-refractivity contribution in [2.75, 3.05) is 18.5 Å². The third-order valence-electron chi connectivity index (χ3n) is 3.75. The summed E-state index contributed by atoms with van der Waals surface area (Å²) in [7, 11) is 0. The summed E-state index contributed by atoms with van der Waals surface area (Å²) in [6.45, 7) is 3.84. The molecule has 1 unspecified atom stereocenters. The van der Waals surface area contributed by atoms with E-state index in [-0.39, 0.29) is 0 Å². The third kappa shape index (κ3) is 2.83. The van der Waals surface area contributed by atoms with E-state index in [1.807, 2.05) is 6.07 Å². The largest absolute Gasteiger partial charge is 0.493 e. The van der Waals surface area contributed by atoms with Crippen molar-refractivity contribution in [1.82, 2.24) is 0 Å². The Kier molecular flexibility index (Phi) is 3.97. The van der Waals surface area contributed by atoms with Crippen LogP contribution in [-0.2, 0) is 0 Å². The highest BCUT2D eigenvalue weighted by molar-refractivity contribution is 9.10. The van der Waals surface area contributed by atoms with Crippen molar-refractivity contribution in [2.45, 2.75) is 19.3 Å². The van der Waals surface area contributed by atoms with Crippen molar-refractivity contribution in [3.63, 3.8) is 0 Å². The fraction of sp³-hybridized carbons (Fsp3) is 0.294. The second kappa shape index (κ2) is 5.88. The van der Waals surface area contributed by atoms with E-state index in [1.165, 1.54) is 11.1 Å². The molecule has 1 aliphatic rings. The number of halogens is 1. The number of hydrogen-bond acceptors (Lipinski definition) is 2. The van der Waals surface area contributed by atoms with E-state index in [4.69, 9.17) is 4.74 Å². The molecule has 1 heterocycles. The average molecular weight is 332 g/mol. The first kappa shape index (κ1) is 13.5. The van der Waals surface area contributed by atoms with Crippen molar-refractivity contribution >= 4 is 21.6 Å². The van der Waals surface area contributed by atoms with E-state index in [0.717, 1.165) is 35.5 Å². The molecule has 0 bridgehead atoms. The summed E-state index contributed by atoms with van der Waals surface area (Å²) >= 11 is 3.62. The van der Waals surface area contributed by atoms with Gasteiger partial charge in [-0.25, -0.2) is 0 Å². The molecule has 0 saturated carbocycles. The maximum absolute atomic E-state index is 5.71. The molecule has 0 aromatic heterocycles. The number of aryl methyl sites for hydroxylation is 1. The lowest BCUT2D eigenvalue weighted by Gasteiger charge is -2.26. The first-order chi connectivity index (χ1) is 9.74. The maximum Gasteiger partial charge on any atom is 0.122 e. The minimum atomic E-state index is 0.508. The van der Waals surface area contributed by atoms with Crippen molar-refractivity contribution in [1.29, 1.82) is 0 Å². The molecule has 2 aromatic rings. The van der Waals surface area contributed by atoms with Crippen LogP contribution in [0.3, 0.4) is 0 Å². The molecule has 1 aliphatic heterocycles. The minimum Gasteiger partial charge on any atom is -0.493 e. The topological polar surface area (TPSA) is 21.3 Å². The SMILES string of the molecule is Cc1ccc(NCC2CCOc3ccccc32)c(Br)c1. The van der Waals surface area contributed by atoms with Crippen LogP contribution in [0.1, 0.15) is 23.5 Å². The Balaban J connectivity index is 1.73. The molecule has 104 valence electrons. The van der Waals surface area contributed by atoms with Crippen molar-refractivity contribution in [3.8, 4) is 5.75 Å². The van der Waals surface area contributed by atoms with Crippen molar-refractivity contribution in [2.24, 2.45) is 0 Å². The van der Waals surface area contributed by atoms with E-state index >= 15 is 0 Å². The zero-order valence-electron chi connectivity index (χ0n) is 11.5. The number of anilines is 1. The highest BCUT2D eigenvalue weighted by Crippen LogP contribution is 2.34. The lowest BCUT2D eigenvalue weighted by Crippen LogP contribution is -2.20. The van der Waals surface area contributed by atoms with Gasteiger partial charge < -0.3 is 10.1 Å². The van der Waals surface area contributed by atoms with Gasteiger partial charge in [0.25, 0.3) is 0 Å². The Hall–Kier alpha value is -1.48. The van der Waals surface area contributed by atoms with Gasteiger partial charge in [0.2, 0.25) is 0 Å². The number of fused-ring (bicyclic) bond motifs is 1. The summed E-state index contributed by atoms with van der Waals surface area (Å²) in [5.74, 6) is 1.54. The molecule has 0 saturated heterocycles. The normalized spacial score (nSPS) is 17.2. The Morgan fingerprint density at radius 3 is 2.95 bits per heavy atom. The molecule has 3 rings (SSSR count). The molecule has 0 fully saturated rings. The highest BCUT2D eigenvalue weighted by Gasteiger charge is 2.20. The van der Waals surface area contributed by atoms with Gasteiger partial charge in [0.1, 0.15) is 5.75 Å². The molecule has 0 spiro atoms. The van der Waals surface area contributed by atoms with E-state index in [1.54, 1.807) is 0 Å². The minimum absolute atomic E-state index is 0.508. The Morgan fingerprint density at radius 1 is 1.25 bits per heavy atom. The molecule has 3 heteroatoms. The monoisotopic (exact) mass is 331 g/mol. The third-order valence-corrected chi connectivity index (χ3v) is 4.40. The number of para-hydroxylation sites is 1. The lowest BCUT2D eigenvalue weighted by atomic mass is 9.93. The molecule has 1 N–H and O–H groups in total. The molecule has 1 atom stereocenters. The Bertz CT molecular complexity index is 612. The van der Waals surface area contributed by atoms with Crippen LogP contribution in [0.2, 0.25) is 0 Å². The van der Waals surface area contributed by atoms with Gasteiger partial charge in [0.15, 0.2) is 0 Å². The fourth-order valence-corrected chi connectivity index (χ4v) is 3.26. The lowest BCUT2D eigenvalue weighted by molar-refractivity contribution is 0.270. The van der Waals surface area contributed by atoms with Gasteiger partial charge in [-0.1, -0.05) is 24.3 Å².